The molecule has 1 heterocycles. The molecule has 1 aliphatic rings. The molecule has 0 spiro atoms. The summed E-state index contributed by atoms with van der Waals surface area (Å²) in [7, 11) is 0. The van der Waals surface area contributed by atoms with Crippen LogP contribution in [0, 0.1) is 0 Å². The first-order chi connectivity index (χ1) is 13.5. The maximum Gasteiger partial charge on any atom is 0.329 e. The lowest BCUT2D eigenvalue weighted by Crippen LogP contribution is -2.43. The van der Waals surface area contributed by atoms with Crippen LogP contribution in [-0.4, -0.2) is 64.5 Å². The van der Waals surface area contributed by atoms with Crippen LogP contribution in [-0.2, 0) is 23.9 Å². The minimum atomic E-state index is -0.982. The first-order valence-corrected chi connectivity index (χ1v) is 10.3. The molecule has 166 valence electrons. The molecule has 9 heteroatoms. The Morgan fingerprint density at radius 2 is 1.86 bits per heavy atom. The number of hydrogen-bond donors (Lipinski definition) is 3. The summed E-state index contributed by atoms with van der Waals surface area (Å²) < 4.78 is 5.42. The molecular weight excluding hydrogens is 378 g/mol. The van der Waals surface area contributed by atoms with Crippen LogP contribution in [0.25, 0.3) is 0 Å². The van der Waals surface area contributed by atoms with Crippen LogP contribution >= 0.6 is 0 Å². The normalized spacial score (nSPS) is 17.7. The number of carboxylic acids is 1. The van der Waals surface area contributed by atoms with Gasteiger partial charge in [-0.2, -0.15) is 0 Å². The highest BCUT2D eigenvalue weighted by Gasteiger charge is 2.36. The van der Waals surface area contributed by atoms with E-state index < -0.39 is 23.7 Å². The van der Waals surface area contributed by atoms with Crippen LogP contribution in [0.15, 0.2) is 0 Å². The van der Waals surface area contributed by atoms with Crippen molar-refractivity contribution in [3.05, 3.63) is 0 Å². The zero-order chi connectivity index (χ0) is 22.0. The molecular formula is C20H35N3O6. The second-order valence-corrected chi connectivity index (χ2v) is 8.42. The number of nitrogens with zero attached hydrogens (tertiary/aromatic N) is 1. The summed E-state index contributed by atoms with van der Waals surface area (Å²) in [5.41, 5.74) is 5.05. The van der Waals surface area contributed by atoms with Crippen LogP contribution in [0.1, 0.15) is 72.1 Å². The molecule has 0 bridgehead atoms. The molecule has 2 amide bonds. The number of esters is 1. The zero-order valence-electron chi connectivity index (χ0n) is 17.7. The number of carbonyl (C=O) groups is 4. The number of unbranched alkanes of at least 4 members (excludes halogenated alkanes) is 2. The largest absolute Gasteiger partial charge is 0.481 e. The Balaban J connectivity index is 2.24. The number of ether oxygens (including phenoxy) is 1. The SMILES string of the molecule is CC(C)(C)OC(=O)C1CCCN1C(=O)CCCCCNC(=O)[C@H](N)CCC(=O)O. The zero-order valence-corrected chi connectivity index (χ0v) is 17.7. The lowest BCUT2D eigenvalue weighted by atomic mass is 10.1. The van der Waals surface area contributed by atoms with E-state index in [1.54, 1.807) is 4.90 Å². The number of aliphatic carboxylic acids is 1. The van der Waals surface area contributed by atoms with Gasteiger partial charge in [0.25, 0.3) is 0 Å². The molecule has 0 aromatic carbocycles. The summed E-state index contributed by atoms with van der Waals surface area (Å²) in [6.07, 6.45) is 3.85. The van der Waals surface area contributed by atoms with E-state index in [0.29, 0.717) is 38.8 Å². The monoisotopic (exact) mass is 413 g/mol. The molecule has 0 radical (unpaired) electrons. The fraction of sp³-hybridized carbons (Fsp3) is 0.800. The van der Waals surface area contributed by atoms with E-state index in [0.717, 1.165) is 12.8 Å². The summed E-state index contributed by atoms with van der Waals surface area (Å²) in [6.45, 7) is 6.43. The van der Waals surface area contributed by atoms with Crippen LogP contribution in [0.2, 0.25) is 0 Å². The van der Waals surface area contributed by atoms with Gasteiger partial charge in [-0.15, -0.1) is 0 Å². The number of likely N-dealkylation sites (tertiary alicyclic amines) is 1. The van der Waals surface area contributed by atoms with Crippen LogP contribution in [0.3, 0.4) is 0 Å². The predicted molar refractivity (Wildman–Crippen MR) is 107 cm³/mol. The van der Waals surface area contributed by atoms with E-state index in [4.69, 9.17) is 15.6 Å². The lowest BCUT2D eigenvalue weighted by Gasteiger charge is -2.27. The molecule has 1 fully saturated rings. The number of carboxylic acid groups (broad SMARTS) is 1. The van der Waals surface area contributed by atoms with Gasteiger partial charge in [0.05, 0.1) is 6.04 Å². The van der Waals surface area contributed by atoms with Crippen molar-refractivity contribution in [2.45, 2.75) is 89.8 Å². The number of carbonyl (C=O) groups excluding carboxylic acids is 3. The minimum Gasteiger partial charge on any atom is -0.481 e. The highest BCUT2D eigenvalue weighted by Crippen LogP contribution is 2.22. The Kier molecular flexibility index (Phi) is 10.1. The van der Waals surface area contributed by atoms with Crippen molar-refractivity contribution in [2.24, 2.45) is 5.73 Å². The van der Waals surface area contributed by atoms with E-state index in [9.17, 15) is 19.2 Å². The molecule has 2 atom stereocenters. The van der Waals surface area contributed by atoms with Crippen molar-refractivity contribution in [2.75, 3.05) is 13.1 Å². The van der Waals surface area contributed by atoms with Gasteiger partial charge >= 0.3 is 11.9 Å². The molecule has 1 saturated heterocycles. The Morgan fingerprint density at radius 1 is 1.17 bits per heavy atom. The topological polar surface area (TPSA) is 139 Å². The van der Waals surface area contributed by atoms with Gasteiger partial charge in [0.15, 0.2) is 0 Å². The second kappa shape index (κ2) is 11.7. The number of amides is 2. The first kappa shape index (κ1) is 24.9. The molecule has 0 aliphatic carbocycles. The summed E-state index contributed by atoms with van der Waals surface area (Å²) in [5, 5.41) is 11.3. The summed E-state index contributed by atoms with van der Waals surface area (Å²) >= 11 is 0. The highest BCUT2D eigenvalue weighted by molar-refractivity contribution is 5.85. The third-order valence-corrected chi connectivity index (χ3v) is 4.62. The molecule has 29 heavy (non-hydrogen) atoms. The maximum absolute atomic E-state index is 12.5. The lowest BCUT2D eigenvalue weighted by molar-refractivity contribution is -0.163. The number of rotatable bonds is 11. The molecule has 1 rings (SSSR count). The fourth-order valence-corrected chi connectivity index (χ4v) is 3.15. The van der Waals surface area contributed by atoms with Gasteiger partial charge in [-0.25, -0.2) is 4.79 Å². The summed E-state index contributed by atoms with van der Waals surface area (Å²) in [6, 6.07) is -1.32. The summed E-state index contributed by atoms with van der Waals surface area (Å²) in [5.74, 6) is -1.73. The number of nitrogens with one attached hydrogen (secondary N) is 1. The first-order valence-electron chi connectivity index (χ1n) is 10.3. The van der Waals surface area contributed by atoms with Gasteiger partial charge < -0.3 is 25.8 Å². The van der Waals surface area contributed by atoms with E-state index in [1.165, 1.54) is 0 Å². The Bertz CT molecular complexity index is 587. The van der Waals surface area contributed by atoms with Crippen molar-refractivity contribution >= 4 is 23.8 Å². The summed E-state index contributed by atoms with van der Waals surface area (Å²) in [4.78, 5) is 48.6. The van der Waals surface area contributed by atoms with Crippen LogP contribution in [0.4, 0.5) is 0 Å². The van der Waals surface area contributed by atoms with Crippen LogP contribution < -0.4 is 11.1 Å². The fourth-order valence-electron chi connectivity index (χ4n) is 3.15. The van der Waals surface area contributed by atoms with Crippen molar-refractivity contribution in [1.29, 1.82) is 0 Å². The second-order valence-electron chi connectivity index (χ2n) is 8.42. The van der Waals surface area contributed by atoms with E-state index >= 15 is 0 Å². The van der Waals surface area contributed by atoms with Gasteiger partial charge in [-0.3, -0.25) is 14.4 Å². The quantitative estimate of drug-likeness (QED) is 0.341. The standard InChI is InChI=1S/C20H35N3O6/c1-20(2,3)29-19(28)15-8-7-13-23(15)16(24)9-5-4-6-12-22-18(27)14(21)10-11-17(25)26/h14-15H,4-13,21H2,1-3H3,(H,22,27)(H,25,26)/t14-,15?/m1/s1. The van der Waals surface area contributed by atoms with E-state index in [2.05, 4.69) is 5.32 Å². The van der Waals surface area contributed by atoms with Gasteiger partial charge in [-0.05, 0) is 52.9 Å². The van der Waals surface area contributed by atoms with Crippen LogP contribution in [0.5, 0.6) is 0 Å². The molecule has 0 saturated carbocycles. The Morgan fingerprint density at radius 3 is 2.48 bits per heavy atom. The Labute approximate surface area is 172 Å². The molecule has 9 nitrogen and oxygen atoms in total. The average Bonchev–Trinajstić information content (AvgIpc) is 3.10. The molecule has 1 aliphatic heterocycles. The molecule has 0 aromatic heterocycles. The predicted octanol–water partition coefficient (Wildman–Crippen LogP) is 1.19. The van der Waals surface area contributed by atoms with Crippen molar-refractivity contribution < 1.29 is 29.0 Å². The maximum atomic E-state index is 12.5. The molecule has 0 aromatic rings. The highest BCUT2D eigenvalue weighted by atomic mass is 16.6. The van der Waals surface area contributed by atoms with Gasteiger partial charge in [0.2, 0.25) is 11.8 Å². The number of nitrogens with two attached hydrogens (primary N) is 1. The molecule has 4 N–H and O–H groups in total. The van der Waals surface area contributed by atoms with E-state index in [-0.39, 0.29) is 30.6 Å². The molecule has 1 unspecified atom stereocenters. The van der Waals surface area contributed by atoms with Crippen molar-refractivity contribution in [3.63, 3.8) is 0 Å². The third kappa shape index (κ3) is 9.74. The smallest absolute Gasteiger partial charge is 0.329 e. The van der Waals surface area contributed by atoms with Crippen molar-refractivity contribution in [3.8, 4) is 0 Å². The minimum absolute atomic E-state index is 0.0434. The van der Waals surface area contributed by atoms with Gasteiger partial charge in [0.1, 0.15) is 11.6 Å². The Hall–Kier alpha value is -2.16. The van der Waals surface area contributed by atoms with Gasteiger partial charge in [-0.1, -0.05) is 6.42 Å². The van der Waals surface area contributed by atoms with Crippen molar-refractivity contribution in [1.82, 2.24) is 10.2 Å². The van der Waals surface area contributed by atoms with E-state index in [1.807, 2.05) is 20.8 Å². The van der Waals surface area contributed by atoms with Gasteiger partial charge in [0, 0.05) is 25.9 Å². The third-order valence-electron chi connectivity index (χ3n) is 4.62. The average molecular weight is 414 g/mol. The number of hydrogen-bond acceptors (Lipinski definition) is 6.